The Morgan fingerprint density at radius 1 is 0.349 bits per heavy atom. The second-order valence-electron chi connectivity index (χ2n) is 16.1. The zero-order valence-corrected chi connectivity index (χ0v) is 34.0. The van der Waals surface area contributed by atoms with Crippen LogP contribution in [0.15, 0.2) is 223 Å². The summed E-state index contributed by atoms with van der Waals surface area (Å²) in [5, 5.41) is 7.05. The number of furan rings is 1. The topological polar surface area (TPSA) is 48.8 Å². The van der Waals surface area contributed by atoms with Gasteiger partial charge in [-0.05, 0) is 71.8 Å². The van der Waals surface area contributed by atoms with Crippen LogP contribution in [0.5, 0.6) is 0 Å². The van der Waals surface area contributed by atoms with E-state index in [0.717, 1.165) is 89.0 Å². The highest BCUT2D eigenvalue weighted by Gasteiger charge is 2.21. The van der Waals surface area contributed by atoms with E-state index in [9.17, 15) is 0 Å². The molecule has 4 heterocycles. The molecule has 13 rings (SSSR count). The van der Waals surface area contributed by atoms with Crippen LogP contribution in [-0.2, 0) is 0 Å². The molecule has 0 radical (unpaired) electrons. The fraction of sp³-hybridized carbons (Fsp3) is 0. The van der Waals surface area contributed by atoms with Crippen LogP contribution < -0.4 is 0 Å². The van der Waals surface area contributed by atoms with Gasteiger partial charge in [-0.2, -0.15) is 0 Å². The molecule has 0 aliphatic carbocycles. The molecule has 4 aromatic heterocycles. The maximum Gasteiger partial charge on any atom is 0.160 e. The number of rotatable bonds is 6. The molecule has 0 aliphatic rings. The summed E-state index contributed by atoms with van der Waals surface area (Å²) in [5.74, 6) is 0.700. The molecular weight excluding hydrogens is 769 g/mol. The Morgan fingerprint density at radius 2 is 0.952 bits per heavy atom. The Labute approximate surface area is 362 Å². The van der Waals surface area contributed by atoms with Crippen LogP contribution in [0.1, 0.15) is 0 Å². The van der Waals surface area contributed by atoms with Gasteiger partial charge in [0.2, 0.25) is 0 Å². The van der Waals surface area contributed by atoms with Crippen molar-refractivity contribution in [3.8, 4) is 56.4 Å². The van der Waals surface area contributed by atoms with Crippen molar-refractivity contribution in [3.05, 3.63) is 218 Å². The highest BCUT2D eigenvalue weighted by atomic mass is 16.3. The van der Waals surface area contributed by atoms with E-state index in [1.54, 1.807) is 0 Å². The molecule has 0 N–H and O–H groups in total. The number of hydrogen-bond acceptors (Lipinski definition) is 3. The van der Waals surface area contributed by atoms with Gasteiger partial charge >= 0.3 is 0 Å². The molecule has 0 fully saturated rings. The van der Waals surface area contributed by atoms with Crippen molar-refractivity contribution in [1.29, 1.82) is 0 Å². The lowest BCUT2D eigenvalue weighted by atomic mass is 9.98. The predicted octanol–water partition coefficient (Wildman–Crippen LogP) is 15.2. The van der Waals surface area contributed by atoms with E-state index in [1.165, 1.54) is 27.1 Å². The standard InChI is InChI=1S/C58H36N4O/c1-3-16-37(17-4-1)48-36-49(60-58(59-48)38-18-5-2-6-19-38)40-20-13-21-41(34-40)61-51-28-11-8-24-46(51)56-42(25-14-29-53(56)61)39-32-33-52-47(35-39)43-22-7-10-27-50(43)62(52)54-30-15-26-45-44-23-9-12-31-55(44)63-57(45)54/h1-36H. The van der Waals surface area contributed by atoms with Gasteiger partial charge in [-0.1, -0.05) is 158 Å². The van der Waals surface area contributed by atoms with E-state index < -0.39 is 0 Å². The zero-order chi connectivity index (χ0) is 41.4. The molecule has 9 aromatic carbocycles. The van der Waals surface area contributed by atoms with Gasteiger partial charge in [-0.25, -0.2) is 9.97 Å². The largest absolute Gasteiger partial charge is 0.454 e. The average Bonchev–Trinajstić information content (AvgIpc) is 4.02. The van der Waals surface area contributed by atoms with Crippen molar-refractivity contribution in [2.24, 2.45) is 0 Å². The van der Waals surface area contributed by atoms with Gasteiger partial charge in [0.1, 0.15) is 5.58 Å². The second kappa shape index (κ2) is 14.0. The third kappa shape index (κ3) is 5.57. The lowest BCUT2D eigenvalue weighted by molar-refractivity contribution is 0.666. The first kappa shape index (κ1) is 35.2. The van der Waals surface area contributed by atoms with Crippen LogP contribution in [0.25, 0.3) is 122 Å². The Morgan fingerprint density at radius 3 is 1.78 bits per heavy atom. The molecule has 0 saturated heterocycles. The summed E-state index contributed by atoms with van der Waals surface area (Å²) < 4.78 is 11.3. The van der Waals surface area contributed by atoms with Crippen LogP contribution >= 0.6 is 0 Å². The minimum Gasteiger partial charge on any atom is -0.454 e. The van der Waals surface area contributed by atoms with Gasteiger partial charge in [-0.3, -0.25) is 0 Å². The number of fused-ring (bicyclic) bond motifs is 9. The van der Waals surface area contributed by atoms with Gasteiger partial charge in [0.25, 0.3) is 0 Å². The molecule has 5 heteroatoms. The van der Waals surface area contributed by atoms with E-state index in [4.69, 9.17) is 14.4 Å². The van der Waals surface area contributed by atoms with E-state index in [1.807, 2.05) is 36.4 Å². The molecule has 0 atom stereocenters. The molecule has 0 bridgehead atoms. The van der Waals surface area contributed by atoms with Gasteiger partial charge < -0.3 is 13.6 Å². The fourth-order valence-electron chi connectivity index (χ4n) is 9.72. The molecule has 63 heavy (non-hydrogen) atoms. The molecule has 0 amide bonds. The monoisotopic (exact) mass is 804 g/mol. The molecule has 0 saturated carbocycles. The Balaban J connectivity index is 0.981. The van der Waals surface area contributed by atoms with Crippen LogP contribution in [0.3, 0.4) is 0 Å². The van der Waals surface area contributed by atoms with Crippen molar-refractivity contribution < 1.29 is 4.42 Å². The highest BCUT2D eigenvalue weighted by Crippen LogP contribution is 2.43. The van der Waals surface area contributed by atoms with E-state index in [0.29, 0.717) is 5.82 Å². The quantitative estimate of drug-likeness (QED) is 0.168. The number of benzene rings is 9. The summed E-state index contributed by atoms with van der Waals surface area (Å²) >= 11 is 0. The average molecular weight is 805 g/mol. The maximum absolute atomic E-state index is 6.58. The molecule has 0 unspecified atom stereocenters. The van der Waals surface area contributed by atoms with E-state index >= 15 is 0 Å². The minimum atomic E-state index is 0.700. The summed E-state index contributed by atoms with van der Waals surface area (Å²) in [6.07, 6.45) is 0. The second-order valence-corrected chi connectivity index (χ2v) is 16.1. The minimum absolute atomic E-state index is 0.700. The highest BCUT2D eigenvalue weighted by molar-refractivity contribution is 6.18. The van der Waals surface area contributed by atoms with E-state index in [2.05, 4.69) is 191 Å². The third-order valence-corrected chi connectivity index (χ3v) is 12.5. The number of hydrogen-bond donors (Lipinski definition) is 0. The molecule has 5 nitrogen and oxygen atoms in total. The zero-order valence-electron chi connectivity index (χ0n) is 34.0. The summed E-state index contributed by atoms with van der Waals surface area (Å²) in [4.78, 5) is 10.2. The lowest BCUT2D eigenvalue weighted by Gasteiger charge is -2.12. The van der Waals surface area contributed by atoms with Gasteiger partial charge in [0.15, 0.2) is 11.4 Å². The predicted molar refractivity (Wildman–Crippen MR) is 260 cm³/mol. The van der Waals surface area contributed by atoms with Gasteiger partial charge in [0.05, 0.1) is 39.1 Å². The van der Waals surface area contributed by atoms with E-state index in [-0.39, 0.29) is 0 Å². The normalized spacial score (nSPS) is 11.8. The molecule has 294 valence electrons. The molecule has 13 aromatic rings. The summed E-state index contributed by atoms with van der Waals surface area (Å²) in [7, 11) is 0. The van der Waals surface area contributed by atoms with Crippen molar-refractivity contribution in [2.75, 3.05) is 0 Å². The number of nitrogens with zero attached hydrogens (tertiary/aromatic N) is 4. The van der Waals surface area contributed by atoms with Crippen LogP contribution in [-0.4, -0.2) is 19.1 Å². The first-order valence-corrected chi connectivity index (χ1v) is 21.3. The first-order chi connectivity index (χ1) is 31.2. The summed E-state index contributed by atoms with van der Waals surface area (Å²) in [6.45, 7) is 0. The summed E-state index contributed by atoms with van der Waals surface area (Å²) in [6, 6.07) is 77.3. The van der Waals surface area contributed by atoms with Crippen LogP contribution in [0.2, 0.25) is 0 Å². The first-order valence-electron chi connectivity index (χ1n) is 21.3. The van der Waals surface area contributed by atoms with Gasteiger partial charge in [0, 0.05) is 54.7 Å². The molecule has 0 spiro atoms. The van der Waals surface area contributed by atoms with Crippen LogP contribution in [0.4, 0.5) is 0 Å². The Hall–Kier alpha value is -8.54. The van der Waals surface area contributed by atoms with Crippen LogP contribution in [0, 0.1) is 0 Å². The molecule has 0 aliphatic heterocycles. The fourth-order valence-corrected chi connectivity index (χ4v) is 9.72. The molecular formula is C58H36N4O. The lowest BCUT2D eigenvalue weighted by Crippen LogP contribution is -1.97. The van der Waals surface area contributed by atoms with Crippen molar-refractivity contribution in [3.63, 3.8) is 0 Å². The number of para-hydroxylation sites is 4. The summed E-state index contributed by atoms with van der Waals surface area (Å²) in [5.41, 5.74) is 15.6. The van der Waals surface area contributed by atoms with Crippen molar-refractivity contribution in [2.45, 2.75) is 0 Å². The smallest absolute Gasteiger partial charge is 0.160 e. The van der Waals surface area contributed by atoms with Crippen molar-refractivity contribution in [1.82, 2.24) is 19.1 Å². The maximum atomic E-state index is 6.58. The Bertz CT molecular complexity index is 3860. The SMILES string of the molecule is c1ccc(-c2cc(-c3cccc(-n4c5ccccc5c5c(-c6ccc7c(c6)c6ccccc6n7-c6cccc7c6oc6ccccc67)cccc54)c3)nc(-c3ccccc3)n2)cc1. The van der Waals surface area contributed by atoms with Crippen molar-refractivity contribution >= 4 is 65.6 Å². The number of aromatic nitrogens is 4. The Kier molecular flexibility index (Phi) is 7.84. The third-order valence-electron chi connectivity index (χ3n) is 12.5. The van der Waals surface area contributed by atoms with Gasteiger partial charge in [-0.15, -0.1) is 0 Å².